The minimum Gasteiger partial charge on any atom is -0.334 e. The van der Waals surface area contributed by atoms with Gasteiger partial charge in [0.05, 0.1) is 11.3 Å². The first kappa shape index (κ1) is 20.3. The molecular formula is C26H21N3O2S. The highest BCUT2D eigenvalue weighted by molar-refractivity contribution is 7.99. The van der Waals surface area contributed by atoms with E-state index in [2.05, 4.69) is 17.1 Å². The van der Waals surface area contributed by atoms with Crippen molar-refractivity contribution >= 4 is 35.5 Å². The highest BCUT2D eigenvalue weighted by Gasteiger charge is 2.27. The van der Waals surface area contributed by atoms with Crippen molar-refractivity contribution in [3.63, 3.8) is 0 Å². The fourth-order valence-electron chi connectivity index (χ4n) is 3.66. The number of benzene rings is 3. The zero-order valence-corrected chi connectivity index (χ0v) is 18.4. The normalized spacial score (nSPS) is 13.2. The second kappa shape index (κ2) is 8.85. The van der Waals surface area contributed by atoms with Gasteiger partial charge in [-0.1, -0.05) is 66.3 Å². The number of carbonyl (C=O) groups excluding carboxylic acids is 1. The van der Waals surface area contributed by atoms with Gasteiger partial charge in [-0.05, 0) is 48.4 Å². The van der Waals surface area contributed by atoms with Crippen molar-refractivity contribution in [3.05, 3.63) is 89.8 Å². The van der Waals surface area contributed by atoms with Crippen LogP contribution in [-0.2, 0) is 0 Å². The van der Waals surface area contributed by atoms with E-state index in [9.17, 15) is 4.79 Å². The third-order valence-corrected chi connectivity index (χ3v) is 6.32. The molecule has 0 aliphatic carbocycles. The molecule has 1 aliphatic heterocycles. The second-order valence-electron chi connectivity index (χ2n) is 7.44. The van der Waals surface area contributed by atoms with Crippen LogP contribution in [0.1, 0.15) is 35.2 Å². The van der Waals surface area contributed by atoms with Crippen LogP contribution in [0.5, 0.6) is 0 Å². The summed E-state index contributed by atoms with van der Waals surface area (Å²) in [5.41, 5.74) is 3.56. The first-order chi connectivity index (χ1) is 15.7. The standard InChI is InChI=1S/C26H21N3O2S/c1-2-16-29-21-14-13-19(17-23(21)32-22-11-7-6-10-20(22)26(29)30)25-27-24(31-28-25)15-12-18-8-4-3-5-9-18/h3-15,17H,2,16H2,1H3/b15-12+. The Morgan fingerprint density at radius 3 is 2.62 bits per heavy atom. The lowest BCUT2D eigenvalue weighted by molar-refractivity contribution is 0.0984. The Morgan fingerprint density at radius 2 is 1.78 bits per heavy atom. The second-order valence-corrected chi connectivity index (χ2v) is 8.52. The molecule has 2 heterocycles. The molecule has 0 saturated carbocycles. The van der Waals surface area contributed by atoms with Gasteiger partial charge in [-0.3, -0.25) is 4.79 Å². The van der Waals surface area contributed by atoms with E-state index in [1.54, 1.807) is 11.8 Å². The molecule has 0 N–H and O–H groups in total. The molecule has 0 unspecified atom stereocenters. The maximum absolute atomic E-state index is 13.2. The van der Waals surface area contributed by atoms with Crippen molar-refractivity contribution in [1.82, 2.24) is 10.1 Å². The Bertz CT molecular complexity index is 1300. The highest BCUT2D eigenvalue weighted by Crippen LogP contribution is 2.42. The van der Waals surface area contributed by atoms with Gasteiger partial charge < -0.3 is 9.42 Å². The molecule has 0 radical (unpaired) electrons. The molecule has 1 aromatic heterocycles. The maximum atomic E-state index is 13.2. The average Bonchev–Trinajstić information content (AvgIpc) is 3.27. The molecule has 3 aromatic carbocycles. The van der Waals surface area contributed by atoms with Gasteiger partial charge in [-0.15, -0.1) is 0 Å². The molecule has 1 aliphatic rings. The van der Waals surface area contributed by atoms with E-state index in [1.807, 2.05) is 89.8 Å². The molecule has 1 amide bonds. The molecule has 158 valence electrons. The van der Waals surface area contributed by atoms with Crippen LogP contribution in [-0.4, -0.2) is 22.6 Å². The first-order valence-electron chi connectivity index (χ1n) is 10.5. The van der Waals surface area contributed by atoms with Crippen molar-refractivity contribution in [1.29, 1.82) is 0 Å². The summed E-state index contributed by atoms with van der Waals surface area (Å²) in [6.45, 7) is 2.74. The number of amides is 1. The van der Waals surface area contributed by atoms with E-state index in [0.717, 1.165) is 38.6 Å². The molecule has 4 aromatic rings. The lowest BCUT2D eigenvalue weighted by Crippen LogP contribution is -2.31. The van der Waals surface area contributed by atoms with Gasteiger partial charge in [-0.2, -0.15) is 4.98 Å². The predicted molar refractivity (Wildman–Crippen MR) is 128 cm³/mol. The molecule has 32 heavy (non-hydrogen) atoms. The number of rotatable bonds is 5. The summed E-state index contributed by atoms with van der Waals surface area (Å²) in [5.74, 6) is 1.00. The van der Waals surface area contributed by atoms with E-state index in [-0.39, 0.29) is 5.91 Å². The highest BCUT2D eigenvalue weighted by atomic mass is 32.2. The summed E-state index contributed by atoms with van der Waals surface area (Å²) in [5, 5.41) is 4.16. The quantitative estimate of drug-likeness (QED) is 0.359. The fraction of sp³-hybridized carbons (Fsp3) is 0.115. The Balaban J connectivity index is 1.49. The van der Waals surface area contributed by atoms with Crippen LogP contribution in [0.2, 0.25) is 0 Å². The van der Waals surface area contributed by atoms with Crippen LogP contribution in [0.25, 0.3) is 23.5 Å². The minimum atomic E-state index is 0.0364. The summed E-state index contributed by atoms with van der Waals surface area (Å²) in [7, 11) is 0. The lowest BCUT2D eigenvalue weighted by atomic mass is 10.1. The monoisotopic (exact) mass is 439 g/mol. The number of hydrogen-bond donors (Lipinski definition) is 0. The van der Waals surface area contributed by atoms with Crippen molar-refractivity contribution in [3.8, 4) is 11.4 Å². The maximum Gasteiger partial charge on any atom is 0.259 e. The third-order valence-electron chi connectivity index (χ3n) is 5.20. The number of fused-ring (bicyclic) bond motifs is 2. The van der Waals surface area contributed by atoms with Gasteiger partial charge in [0, 0.05) is 28.0 Å². The molecule has 0 fully saturated rings. The van der Waals surface area contributed by atoms with Gasteiger partial charge in [0.25, 0.3) is 11.8 Å². The summed E-state index contributed by atoms with van der Waals surface area (Å²) in [4.78, 5) is 21.5. The fourth-order valence-corrected chi connectivity index (χ4v) is 4.78. The molecule has 5 rings (SSSR count). The van der Waals surface area contributed by atoms with Crippen LogP contribution in [0, 0.1) is 0 Å². The summed E-state index contributed by atoms with van der Waals surface area (Å²) < 4.78 is 5.42. The predicted octanol–water partition coefficient (Wildman–Crippen LogP) is 6.43. The Labute approximate surface area is 190 Å². The van der Waals surface area contributed by atoms with Gasteiger partial charge >= 0.3 is 0 Å². The number of hydrogen-bond acceptors (Lipinski definition) is 5. The smallest absolute Gasteiger partial charge is 0.259 e. The molecule has 0 bridgehead atoms. The largest absolute Gasteiger partial charge is 0.334 e. The van der Waals surface area contributed by atoms with E-state index in [1.165, 1.54) is 0 Å². The Morgan fingerprint density at radius 1 is 0.969 bits per heavy atom. The zero-order valence-electron chi connectivity index (χ0n) is 17.6. The molecule has 5 nitrogen and oxygen atoms in total. The van der Waals surface area contributed by atoms with Gasteiger partial charge in [0.1, 0.15) is 0 Å². The lowest BCUT2D eigenvalue weighted by Gasteiger charge is -2.22. The van der Waals surface area contributed by atoms with Crippen molar-refractivity contribution in [2.75, 3.05) is 11.4 Å². The SMILES string of the molecule is CCCN1C(=O)c2ccccc2Sc2cc(-c3noc(/C=C/c4ccccc4)n3)ccc21. The van der Waals surface area contributed by atoms with Crippen LogP contribution >= 0.6 is 11.8 Å². The number of anilines is 1. The van der Waals surface area contributed by atoms with Gasteiger partial charge in [-0.25, -0.2) is 0 Å². The average molecular weight is 440 g/mol. The van der Waals surface area contributed by atoms with E-state index in [0.29, 0.717) is 18.3 Å². The van der Waals surface area contributed by atoms with E-state index >= 15 is 0 Å². The van der Waals surface area contributed by atoms with Crippen LogP contribution in [0.3, 0.4) is 0 Å². The molecule has 6 heteroatoms. The summed E-state index contributed by atoms with van der Waals surface area (Å²) in [6.07, 6.45) is 4.62. The molecule has 0 atom stereocenters. The number of nitrogens with zero attached hydrogens (tertiary/aromatic N) is 3. The number of carbonyl (C=O) groups is 1. The summed E-state index contributed by atoms with van der Waals surface area (Å²) in [6, 6.07) is 23.7. The van der Waals surface area contributed by atoms with Crippen LogP contribution < -0.4 is 4.90 Å². The topological polar surface area (TPSA) is 59.2 Å². The molecule has 0 saturated heterocycles. The van der Waals surface area contributed by atoms with E-state index in [4.69, 9.17) is 4.52 Å². The van der Waals surface area contributed by atoms with Crippen molar-refractivity contribution in [2.45, 2.75) is 23.1 Å². The molecule has 0 spiro atoms. The molecular weight excluding hydrogens is 418 g/mol. The van der Waals surface area contributed by atoms with Crippen molar-refractivity contribution < 1.29 is 9.32 Å². The third kappa shape index (κ3) is 3.97. The van der Waals surface area contributed by atoms with Gasteiger partial charge in [0.15, 0.2) is 0 Å². The van der Waals surface area contributed by atoms with Crippen LogP contribution in [0.4, 0.5) is 5.69 Å². The zero-order chi connectivity index (χ0) is 21.9. The van der Waals surface area contributed by atoms with Crippen LogP contribution in [0.15, 0.2) is 87.1 Å². The Kier molecular flexibility index (Phi) is 5.60. The Hall–Kier alpha value is -3.64. The van der Waals surface area contributed by atoms with E-state index < -0.39 is 0 Å². The summed E-state index contributed by atoms with van der Waals surface area (Å²) >= 11 is 1.60. The van der Waals surface area contributed by atoms with Crippen molar-refractivity contribution in [2.24, 2.45) is 0 Å². The van der Waals surface area contributed by atoms with Gasteiger partial charge in [0.2, 0.25) is 5.82 Å². The minimum absolute atomic E-state index is 0.0364. The number of aromatic nitrogens is 2. The first-order valence-corrected chi connectivity index (χ1v) is 11.3.